The van der Waals surface area contributed by atoms with Gasteiger partial charge in [-0.05, 0) is 36.1 Å². The molecule has 1 aliphatic carbocycles. The van der Waals surface area contributed by atoms with E-state index in [0.29, 0.717) is 17.0 Å². The fraction of sp³-hybridized carbons (Fsp3) is 0.240. The summed E-state index contributed by atoms with van der Waals surface area (Å²) in [6.07, 6.45) is 3.58. The van der Waals surface area contributed by atoms with Crippen molar-refractivity contribution in [3.8, 4) is 0 Å². The first-order valence-corrected chi connectivity index (χ1v) is 10.2. The van der Waals surface area contributed by atoms with Crippen LogP contribution in [0.3, 0.4) is 0 Å². The maximum Gasteiger partial charge on any atom is 0.269 e. The van der Waals surface area contributed by atoms with E-state index in [1.54, 1.807) is 24.3 Å². The van der Waals surface area contributed by atoms with E-state index in [-0.39, 0.29) is 23.3 Å². The highest BCUT2D eigenvalue weighted by Crippen LogP contribution is 2.25. The van der Waals surface area contributed by atoms with Gasteiger partial charge in [0.25, 0.3) is 5.69 Å². The molecule has 0 fully saturated rings. The lowest BCUT2D eigenvalue weighted by Crippen LogP contribution is -2.20. The third kappa shape index (κ3) is 5.09. The fourth-order valence-electron chi connectivity index (χ4n) is 3.30. The molecule has 0 spiro atoms. The molecule has 0 saturated heterocycles. The number of carbonyl (C=O) groups excluding carboxylic acids is 1. The van der Waals surface area contributed by atoms with Gasteiger partial charge in [-0.3, -0.25) is 14.9 Å². The Labute approximate surface area is 181 Å². The summed E-state index contributed by atoms with van der Waals surface area (Å²) in [5.74, 6) is 0.214. The molecular weight excluding hydrogens is 390 g/mol. The topological polar surface area (TPSA) is 84.9 Å². The van der Waals surface area contributed by atoms with Crippen molar-refractivity contribution in [2.45, 2.75) is 27.7 Å². The van der Waals surface area contributed by atoms with Gasteiger partial charge >= 0.3 is 0 Å². The number of nitro groups is 1. The van der Waals surface area contributed by atoms with Crippen molar-refractivity contribution < 1.29 is 9.72 Å². The number of nitro benzene ring substituents is 1. The molecule has 0 amide bonds. The first-order chi connectivity index (χ1) is 14.8. The Morgan fingerprint density at radius 2 is 1.35 bits per heavy atom. The van der Waals surface area contributed by atoms with Crippen LogP contribution in [0.15, 0.2) is 88.1 Å². The average Bonchev–Trinajstić information content (AvgIpc) is 2.75. The van der Waals surface area contributed by atoms with E-state index >= 15 is 0 Å². The molecule has 0 radical (unpaired) electrons. The van der Waals surface area contributed by atoms with Gasteiger partial charge in [-0.2, -0.15) is 5.10 Å². The molecule has 6 heteroatoms. The van der Waals surface area contributed by atoms with E-state index in [0.717, 1.165) is 16.7 Å². The average molecular weight is 415 g/mol. The predicted octanol–water partition coefficient (Wildman–Crippen LogP) is 5.54. The highest BCUT2D eigenvalue weighted by molar-refractivity contribution is 6.22. The molecule has 0 aliphatic heterocycles. The quantitative estimate of drug-likeness (QED) is 0.269. The second-order valence-electron chi connectivity index (χ2n) is 7.98. The molecular formula is C25H25N3O3. The second-order valence-corrected chi connectivity index (χ2v) is 7.98. The van der Waals surface area contributed by atoms with Gasteiger partial charge in [0.1, 0.15) is 5.71 Å². The molecule has 0 bridgehead atoms. The number of non-ortho nitro benzene ring substituents is 1. The smallest absolute Gasteiger partial charge is 0.269 e. The van der Waals surface area contributed by atoms with Crippen molar-refractivity contribution >= 4 is 22.9 Å². The maximum absolute atomic E-state index is 12.7. The Morgan fingerprint density at radius 1 is 0.839 bits per heavy atom. The zero-order valence-corrected chi connectivity index (χ0v) is 18.1. The lowest BCUT2D eigenvalue weighted by atomic mass is 9.84. The number of ketones is 1. The highest BCUT2D eigenvalue weighted by Gasteiger charge is 2.24. The number of allylic oxidation sites excluding steroid dienone is 4. The van der Waals surface area contributed by atoms with Gasteiger partial charge in [0.15, 0.2) is 5.78 Å². The van der Waals surface area contributed by atoms with Crippen molar-refractivity contribution in [3.63, 3.8) is 0 Å². The molecule has 2 aromatic carbocycles. The standard InChI is InChI=1S/C25H25N3O3/c1-16(2)22-14-20(15-23(17(3)4)25(22)29)26-27-24(18-8-6-5-7-9-18)19-10-12-21(13-11-19)28(30)31/h5-17H,1-4H3/b27-24-. The minimum Gasteiger partial charge on any atom is -0.289 e. The first-order valence-electron chi connectivity index (χ1n) is 10.2. The van der Waals surface area contributed by atoms with E-state index in [4.69, 9.17) is 0 Å². The third-order valence-electron chi connectivity index (χ3n) is 5.04. The van der Waals surface area contributed by atoms with Crippen LogP contribution in [-0.4, -0.2) is 22.1 Å². The van der Waals surface area contributed by atoms with Crippen LogP contribution in [0.1, 0.15) is 38.8 Å². The molecule has 0 saturated carbocycles. The van der Waals surface area contributed by atoms with Crippen molar-refractivity contribution in [2.24, 2.45) is 22.0 Å². The summed E-state index contributed by atoms with van der Waals surface area (Å²) in [5, 5.41) is 20.0. The largest absolute Gasteiger partial charge is 0.289 e. The lowest BCUT2D eigenvalue weighted by Gasteiger charge is -2.19. The normalized spacial score (nSPS) is 14.6. The minimum absolute atomic E-state index is 0.0160. The molecule has 0 heterocycles. The van der Waals surface area contributed by atoms with E-state index in [1.807, 2.05) is 58.0 Å². The summed E-state index contributed by atoms with van der Waals surface area (Å²) in [4.78, 5) is 23.3. The molecule has 0 N–H and O–H groups in total. The Hall–Kier alpha value is -3.67. The van der Waals surface area contributed by atoms with Crippen LogP contribution in [-0.2, 0) is 4.79 Å². The van der Waals surface area contributed by atoms with Gasteiger partial charge in [-0.15, -0.1) is 5.10 Å². The Bertz CT molecular complexity index is 1080. The lowest BCUT2D eigenvalue weighted by molar-refractivity contribution is -0.384. The molecule has 0 unspecified atom stereocenters. The van der Waals surface area contributed by atoms with Gasteiger partial charge in [0, 0.05) is 34.4 Å². The number of benzene rings is 2. The molecule has 31 heavy (non-hydrogen) atoms. The molecule has 0 aromatic heterocycles. The molecule has 158 valence electrons. The van der Waals surface area contributed by atoms with Crippen molar-refractivity contribution in [1.29, 1.82) is 0 Å². The van der Waals surface area contributed by atoms with Crippen LogP contribution >= 0.6 is 0 Å². The SMILES string of the molecule is CC(C)C1=CC(=N/N=C(/c2ccccc2)c2ccc([N+](=O)[O-])cc2)C=C(C(C)C)C1=O. The van der Waals surface area contributed by atoms with Crippen LogP contribution in [0.5, 0.6) is 0 Å². The monoisotopic (exact) mass is 415 g/mol. The Kier molecular flexibility index (Phi) is 6.70. The van der Waals surface area contributed by atoms with E-state index < -0.39 is 4.92 Å². The summed E-state index contributed by atoms with van der Waals surface area (Å²) in [7, 11) is 0. The molecule has 1 aliphatic rings. The van der Waals surface area contributed by atoms with Gasteiger partial charge in [0.2, 0.25) is 0 Å². The zero-order chi connectivity index (χ0) is 22.5. The summed E-state index contributed by atoms with van der Waals surface area (Å²) in [5.41, 5.74) is 4.22. The van der Waals surface area contributed by atoms with Crippen LogP contribution in [0.4, 0.5) is 5.69 Å². The van der Waals surface area contributed by atoms with E-state index in [1.165, 1.54) is 12.1 Å². The maximum atomic E-state index is 12.7. The van der Waals surface area contributed by atoms with Crippen molar-refractivity contribution in [2.75, 3.05) is 0 Å². The summed E-state index contributed by atoms with van der Waals surface area (Å²) in [6.45, 7) is 7.95. The Balaban J connectivity index is 2.11. The minimum atomic E-state index is -0.432. The first kappa shape index (κ1) is 22.0. The number of hydrogen-bond acceptors (Lipinski definition) is 5. The number of hydrogen-bond donors (Lipinski definition) is 0. The van der Waals surface area contributed by atoms with Gasteiger partial charge in [-0.25, -0.2) is 0 Å². The number of rotatable bonds is 6. The number of Topliss-reactive ketones (excluding diaryl/α,β-unsaturated/α-hetero) is 1. The molecule has 0 atom stereocenters. The van der Waals surface area contributed by atoms with Crippen LogP contribution in [0, 0.1) is 22.0 Å². The van der Waals surface area contributed by atoms with Crippen LogP contribution < -0.4 is 0 Å². The second kappa shape index (κ2) is 9.43. The fourth-order valence-corrected chi connectivity index (χ4v) is 3.30. The molecule has 2 aromatic rings. The summed E-state index contributed by atoms with van der Waals surface area (Å²) in [6, 6.07) is 15.8. The van der Waals surface area contributed by atoms with Crippen molar-refractivity contribution in [1.82, 2.24) is 0 Å². The summed E-state index contributed by atoms with van der Waals surface area (Å²) >= 11 is 0. The Morgan fingerprint density at radius 3 is 1.84 bits per heavy atom. The van der Waals surface area contributed by atoms with E-state index in [9.17, 15) is 14.9 Å². The predicted molar refractivity (Wildman–Crippen MR) is 123 cm³/mol. The van der Waals surface area contributed by atoms with Gasteiger partial charge in [-0.1, -0.05) is 58.0 Å². The number of carbonyl (C=O) groups is 1. The number of nitrogens with zero attached hydrogens (tertiary/aromatic N) is 3. The zero-order valence-electron chi connectivity index (χ0n) is 18.1. The third-order valence-corrected chi connectivity index (χ3v) is 5.04. The van der Waals surface area contributed by atoms with Gasteiger partial charge < -0.3 is 0 Å². The molecule has 3 rings (SSSR count). The van der Waals surface area contributed by atoms with E-state index in [2.05, 4.69) is 10.2 Å². The summed E-state index contributed by atoms with van der Waals surface area (Å²) < 4.78 is 0. The van der Waals surface area contributed by atoms with Crippen LogP contribution in [0.25, 0.3) is 0 Å². The molecule has 6 nitrogen and oxygen atoms in total. The van der Waals surface area contributed by atoms with Crippen LogP contribution in [0.2, 0.25) is 0 Å². The highest BCUT2D eigenvalue weighted by atomic mass is 16.6. The van der Waals surface area contributed by atoms with Gasteiger partial charge in [0.05, 0.1) is 10.6 Å². The van der Waals surface area contributed by atoms with Crippen molar-refractivity contribution in [3.05, 3.63) is 99.1 Å².